The van der Waals surface area contributed by atoms with Crippen molar-refractivity contribution in [1.82, 2.24) is 5.32 Å². The van der Waals surface area contributed by atoms with Crippen molar-refractivity contribution < 1.29 is 0 Å². The van der Waals surface area contributed by atoms with Crippen molar-refractivity contribution in [2.45, 2.75) is 10.8 Å². The van der Waals surface area contributed by atoms with Crippen LogP contribution in [0.5, 0.6) is 0 Å². The lowest BCUT2D eigenvalue weighted by Gasteiger charge is -2.03. The highest BCUT2D eigenvalue weighted by Crippen LogP contribution is 2.52. The first-order chi connectivity index (χ1) is 5.06. The van der Waals surface area contributed by atoms with Gasteiger partial charge in [-0.25, -0.2) is 0 Å². The fourth-order valence-corrected chi connectivity index (χ4v) is 1.32. The fraction of sp³-hybridized carbons (Fsp3) is 0.833. The number of nitrogens with zero attached hydrogens (tertiary/aromatic N) is 1. The largest absolute Gasteiger partial charge is 0.370 e. The average Bonchev–Trinajstić information content (AvgIpc) is 2.54. The van der Waals surface area contributed by atoms with Crippen molar-refractivity contribution in [3.8, 4) is 0 Å². The van der Waals surface area contributed by atoms with Crippen molar-refractivity contribution in [2.75, 3.05) is 13.6 Å². The van der Waals surface area contributed by atoms with Crippen LogP contribution in [0.4, 0.5) is 0 Å². The van der Waals surface area contributed by atoms with Crippen molar-refractivity contribution in [3.05, 3.63) is 0 Å². The van der Waals surface area contributed by atoms with E-state index in [9.17, 15) is 0 Å². The Labute approximate surface area is 99.1 Å². The molecule has 0 spiro atoms. The summed E-state index contributed by atoms with van der Waals surface area (Å²) < 4.78 is -0.527. The molecule has 0 aliphatic heterocycles. The van der Waals surface area contributed by atoms with Crippen LogP contribution in [0.25, 0.3) is 0 Å². The topological polar surface area (TPSA) is 50.4 Å². The van der Waals surface area contributed by atoms with E-state index in [-0.39, 0.29) is 24.0 Å². The van der Waals surface area contributed by atoms with E-state index in [1.54, 1.807) is 7.05 Å². The Bertz CT molecular complexity index is 184. The summed E-state index contributed by atoms with van der Waals surface area (Å²) in [7, 11) is 1.63. The molecule has 0 amide bonds. The van der Waals surface area contributed by atoms with E-state index in [1.165, 1.54) is 0 Å². The van der Waals surface area contributed by atoms with Crippen LogP contribution in [-0.4, -0.2) is 23.9 Å². The van der Waals surface area contributed by atoms with Gasteiger partial charge in [-0.1, -0.05) is 0 Å². The Hall–Kier alpha value is 0.580. The van der Waals surface area contributed by atoms with Crippen molar-refractivity contribution in [1.29, 1.82) is 0 Å². The second-order valence-corrected chi connectivity index (χ2v) is 4.19. The molecule has 0 saturated heterocycles. The summed E-state index contributed by atoms with van der Waals surface area (Å²) in [5.74, 6) is 0.743. The molecule has 0 heterocycles. The Morgan fingerprint density at radius 3 is 2.58 bits per heavy atom. The smallest absolute Gasteiger partial charge is 0.188 e. The predicted molar refractivity (Wildman–Crippen MR) is 63.5 cm³/mol. The minimum Gasteiger partial charge on any atom is -0.370 e. The average molecular weight is 324 g/mol. The number of guanidine groups is 1. The molecule has 12 heavy (non-hydrogen) atoms. The maximum Gasteiger partial charge on any atom is 0.188 e. The van der Waals surface area contributed by atoms with Gasteiger partial charge in [-0.2, -0.15) is 0 Å². The van der Waals surface area contributed by atoms with Crippen molar-refractivity contribution >= 4 is 53.1 Å². The number of aliphatic imine (C=N–C) groups is 1. The summed E-state index contributed by atoms with van der Waals surface area (Å²) in [4.78, 5) is 3.73. The first-order valence-corrected chi connectivity index (χ1v) is 4.16. The van der Waals surface area contributed by atoms with Gasteiger partial charge < -0.3 is 11.1 Å². The quantitative estimate of drug-likeness (QED) is 0.349. The molecule has 1 atom stereocenters. The molecular formula is C6H12Cl2IN3. The molecule has 0 aromatic carbocycles. The van der Waals surface area contributed by atoms with Gasteiger partial charge in [-0.3, -0.25) is 4.99 Å². The number of hydrogen-bond acceptors (Lipinski definition) is 1. The summed E-state index contributed by atoms with van der Waals surface area (Å²) in [6.45, 7) is 0.705. The van der Waals surface area contributed by atoms with Gasteiger partial charge in [0.1, 0.15) is 4.33 Å². The van der Waals surface area contributed by atoms with Gasteiger partial charge in [0.05, 0.1) is 0 Å². The molecule has 0 radical (unpaired) electrons. The summed E-state index contributed by atoms with van der Waals surface area (Å²) in [5, 5.41) is 2.91. The van der Waals surface area contributed by atoms with Gasteiger partial charge in [0.2, 0.25) is 0 Å². The molecule has 6 heteroatoms. The maximum atomic E-state index is 5.78. The van der Waals surface area contributed by atoms with E-state index < -0.39 is 4.33 Å². The van der Waals surface area contributed by atoms with Crippen LogP contribution in [0, 0.1) is 5.92 Å². The highest BCUT2D eigenvalue weighted by molar-refractivity contribution is 14.0. The standard InChI is InChI=1S/C6H11Cl2N3.HI/c1-10-5(9)11-3-4-2-6(4,7)8;/h4H,2-3H2,1H3,(H3,9,10,11);1H. The zero-order chi connectivity index (χ0) is 8.48. The zero-order valence-corrected chi connectivity index (χ0v) is 10.5. The third-order valence-corrected chi connectivity index (χ3v) is 2.65. The van der Waals surface area contributed by atoms with E-state index in [2.05, 4.69) is 10.3 Å². The van der Waals surface area contributed by atoms with Crippen LogP contribution in [0.1, 0.15) is 6.42 Å². The molecule has 3 N–H and O–H groups in total. The number of nitrogens with one attached hydrogen (secondary N) is 1. The minimum atomic E-state index is -0.527. The summed E-state index contributed by atoms with van der Waals surface area (Å²) in [5.41, 5.74) is 5.39. The van der Waals surface area contributed by atoms with Gasteiger partial charge >= 0.3 is 0 Å². The predicted octanol–water partition coefficient (Wildman–Crippen LogP) is 1.33. The summed E-state index contributed by atoms with van der Waals surface area (Å²) >= 11 is 11.6. The first kappa shape index (κ1) is 12.6. The Balaban J connectivity index is 0.00000121. The fourth-order valence-electron chi connectivity index (χ4n) is 0.798. The molecule has 1 saturated carbocycles. The number of alkyl halides is 2. The van der Waals surface area contributed by atoms with Gasteiger partial charge in [0.25, 0.3) is 0 Å². The first-order valence-electron chi connectivity index (χ1n) is 3.40. The summed E-state index contributed by atoms with van der Waals surface area (Å²) in [6.07, 6.45) is 0.833. The maximum absolute atomic E-state index is 5.78. The van der Waals surface area contributed by atoms with Gasteiger partial charge in [-0.15, -0.1) is 47.2 Å². The zero-order valence-electron chi connectivity index (χ0n) is 6.68. The molecule has 1 aliphatic carbocycles. The third-order valence-electron chi connectivity index (χ3n) is 1.73. The van der Waals surface area contributed by atoms with Crippen LogP contribution in [0.15, 0.2) is 4.99 Å². The molecule has 0 aromatic heterocycles. The van der Waals surface area contributed by atoms with Gasteiger partial charge in [0, 0.05) is 19.5 Å². The highest BCUT2D eigenvalue weighted by atomic mass is 127. The normalized spacial score (nSPS) is 25.9. The van der Waals surface area contributed by atoms with E-state index >= 15 is 0 Å². The minimum absolute atomic E-state index is 0. The molecule has 1 unspecified atom stereocenters. The van der Waals surface area contributed by atoms with Crippen LogP contribution in [0.2, 0.25) is 0 Å². The van der Waals surface area contributed by atoms with Crippen molar-refractivity contribution in [2.24, 2.45) is 16.6 Å². The third kappa shape index (κ3) is 3.53. The number of nitrogens with two attached hydrogens (primary N) is 1. The molecule has 72 valence electrons. The van der Waals surface area contributed by atoms with Crippen LogP contribution >= 0.6 is 47.2 Å². The highest BCUT2D eigenvalue weighted by Gasteiger charge is 2.51. The second kappa shape index (κ2) is 4.72. The van der Waals surface area contributed by atoms with Gasteiger partial charge in [0.15, 0.2) is 5.96 Å². The molecule has 1 aliphatic rings. The van der Waals surface area contributed by atoms with Crippen LogP contribution in [-0.2, 0) is 0 Å². The molecule has 0 aromatic rings. The van der Waals surface area contributed by atoms with E-state index in [0.717, 1.165) is 6.42 Å². The van der Waals surface area contributed by atoms with E-state index in [0.29, 0.717) is 18.4 Å². The molecule has 3 nitrogen and oxygen atoms in total. The SMILES string of the molecule is CN=C(N)NCC1CC1(Cl)Cl.I. The molecule has 1 fully saturated rings. The number of halogens is 3. The molecule has 1 rings (SSSR count). The lowest BCUT2D eigenvalue weighted by molar-refractivity contribution is 0.758. The van der Waals surface area contributed by atoms with E-state index in [4.69, 9.17) is 28.9 Å². The Kier molecular flexibility index (Phi) is 4.94. The Morgan fingerprint density at radius 1 is 1.75 bits per heavy atom. The molecular weight excluding hydrogens is 312 g/mol. The lowest BCUT2D eigenvalue weighted by Crippen LogP contribution is -2.33. The number of rotatable bonds is 2. The van der Waals surface area contributed by atoms with Gasteiger partial charge in [-0.05, 0) is 6.42 Å². The second-order valence-electron chi connectivity index (χ2n) is 2.65. The van der Waals surface area contributed by atoms with E-state index in [1.807, 2.05) is 0 Å². The van der Waals surface area contributed by atoms with Crippen LogP contribution in [0.3, 0.4) is 0 Å². The van der Waals surface area contributed by atoms with Crippen LogP contribution < -0.4 is 11.1 Å². The Morgan fingerprint density at radius 2 is 2.25 bits per heavy atom. The van der Waals surface area contributed by atoms with Crippen molar-refractivity contribution in [3.63, 3.8) is 0 Å². The lowest BCUT2D eigenvalue weighted by atomic mass is 10.4. The number of hydrogen-bond donors (Lipinski definition) is 2. The summed E-state index contributed by atoms with van der Waals surface area (Å²) in [6, 6.07) is 0. The molecule has 0 bridgehead atoms. The monoisotopic (exact) mass is 323 g/mol.